The Labute approximate surface area is 85.5 Å². The molecular formula is C12H18N2. The van der Waals surface area contributed by atoms with Crippen molar-refractivity contribution in [2.45, 2.75) is 38.6 Å². The summed E-state index contributed by atoms with van der Waals surface area (Å²) in [4.78, 5) is 4.45. The predicted octanol–water partition coefficient (Wildman–Crippen LogP) is 1.92. The van der Waals surface area contributed by atoms with Crippen molar-refractivity contribution in [1.82, 2.24) is 4.98 Å². The minimum atomic E-state index is 0.419. The smallest absolute Gasteiger partial charge is 0.0407 e. The van der Waals surface area contributed by atoms with E-state index in [1.807, 2.05) is 6.20 Å². The molecule has 1 fully saturated rings. The van der Waals surface area contributed by atoms with Gasteiger partial charge in [-0.3, -0.25) is 4.98 Å². The molecule has 2 unspecified atom stereocenters. The summed E-state index contributed by atoms with van der Waals surface area (Å²) in [6.07, 6.45) is 6.58. The lowest BCUT2D eigenvalue weighted by molar-refractivity contribution is 0.254. The maximum atomic E-state index is 5.90. The third kappa shape index (κ3) is 1.95. The van der Waals surface area contributed by atoms with Crippen LogP contribution < -0.4 is 5.73 Å². The first-order valence-corrected chi connectivity index (χ1v) is 5.49. The van der Waals surface area contributed by atoms with Crippen molar-refractivity contribution in [3.8, 4) is 0 Å². The highest BCUT2D eigenvalue weighted by molar-refractivity contribution is 5.15. The van der Waals surface area contributed by atoms with Gasteiger partial charge in [0.05, 0.1) is 0 Å². The molecule has 0 aromatic carbocycles. The topological polar surface area (TPSA) is 38.9 Å². The van der Waals surface area contributed by atoms with E-state index >= 15 is 0 Å². The molecule has 2 nitrogen and oxygen atoms in total. The van der Waals surface area contributed by atoms with Crippen LogP contribution in [0.15, 0.2) is 18.3 Å². The van der Waals surface area contributed by atoms with E-state index in [9.17, 15) is 0 Å². The molecule has 2 rings (SSSR count). The van der Waals surface area contributed by atoms with E-state index in [0.29, 0.717) is 12.0 Å². The van der Waals surface area contributed by atoms with Crippen LogP contribution >= 0.6 is 0 Å². The van der Waals surface area contributed by atoms with Gasteiger partial charge in [-0.2, -0.15) is 0 Å². The lowest BCUT2D eigenvalue weighted by Gasteiger charge is -2.33. The largest absolute Gasteiger partial charge is 0.327 e. The van der Waals surface area contributed by atoms with E-state index in [0.717, 1.165) is 12.8 Å². The van der Waals surface area contributed by atoms with Crippen LogP contribution in [0, 0.1) is 5.92 Å². The predicted molar refractivity (Wildman–Crippen MR) is 58.0 cm³/mol. The van der Waals surface area contributed by atoms with Crippen LogP contribution in [-0.4, -0.2) is 11.0 Å². The lowest BCUT2D eigenvalue weighted by Crippen LogP contribution is -2.40. The number of rotatable bonds is 3. The minimum absolute atomic E-state index is 0.419. The monoisotopic (exact) mass is 190 g/mol. The van der Waals surface area contributed by atoms with Crippen molar-refractivity contribution in [1.29, 1.82) is 0 Å². The van der Waals surface area contributed by atoms with Crippen LogP contribution in [0.1, 0.15) is 31.0 Å². The molecule has 2 N–H and O–H groups in total. The number of aromatic nitrogens is 1. The van der Waals surface area contributed by atoms with Gasteiger partial charge in [-0.25, -0.2) is 0 Å². The molecule has 2 atom stereocenters. The second-order valence-corrected chi connectivity index (χ2v) is 4.22. The Kier molecular flexibility index (Phi) is 2.82. The van der Waals surface area contributed by atoms with Crippen LogP contribution in [0.25, 0.3) is 0 Å². The van der Waals surface area contributed by atoms with Crippen LogP contribution in [0.5, 0.6) is 0 Å². The van der Waals surface area contributed by atoms with Gasteiger partial charge in [0.15, 0.2) is 0 Å². The molecule has 1 aromatic heterocycles. The van der Waals surface area contributed by atoms with E-state index in [1.165, 1.54) is 24.1 Å². The van der Waals surface area contributed by atoms with Gasteiger partial charge in [-0.15, -0.1) is 0 Å². The van der Waals surface area contributed by atoms with Crippen molar-refractivity contribution in [2.75, 3.05) is 0 Å². The van der Waals surface area contributed by atoms with Gasteiger partial charge in [0.2, 0.25) is 0 Å². The number of hydrogen-bond donors (Lipinski definition) is 1. The lowest BCUT2D eigenvalue weighted by atomic mass is 9.77. The van der Waals surface area contributed by atoms with Crippen molar-refractivity contribution in [3.05, 3.63) is 29.6 Å². The first-order chi connectivity index (χ1) is 6.79. The van der Waals surface area contributed by atoms with Crippen LogP contribution in [0.2, 0.25) is 0 Å². The molecule has 14 heavy (non-hydrogen) atoms. The van der Waals surface area contributed by atoms with Crippen molar-refractivity contribution in [2.24, 2.45) is 11.7 Å². The Morgan fingerprint density at radius 2 is 2.29 bits per heavy atom. The zero-order chi connectivity index (χ0) is 9.97. The third-order valence-electron chi connectivity index (χ3n) is 3.24. The fraction of sp³-hybridized carbons (Fsp3) is 0.583. The number of hydrogen-bond acceptors (Lipinski definition) is 2. The number of aryl methyl sites for hydroxylation is 1. The van der Waals surface area contributed by atoms with Crippen molar-refractivity contribution < 1.29 is 0 Å². The standard InChI is InChI=1S/C12H18N2/c1-2-9-3-5-11(14-8-9)7-10-4-6-12(10)13/h3,5,8,10,12H,2,4,6-7,13H2,1H3. The minimum Gasteiger partial charge on any atom is -0.327 e. The van der Waals surface area contributed by atoms with E-state index in [2.05, 4.69) is 24.0 Å². The first kappa shape index (κ1) is 9.66. The summed E-state index contributed by atoms with van der Waals surface area (Å²) >= 11 is 0. The molecule has 0 amide bonds. The van der Waals surface area contributed by atoms with Gasteiger partial charge >= 0.3 is 0 Å². The molecule has 0 aliphatic heterocycles. The second kappa shape index (κ2) is 4.09. The molecule has 1 aliphatic carbocycles. The van der Waals surface area contributed by atoms with Gasteiger partial charge in [0.1, 0.15) is 0 Å². The fourth-order valence-electron chi connectivity index (χ4n) is 1.90. The molecule has 1 saturated carbocycles. The number of nitrogens with two attached hydrogens (primary N) is 1. The highest BCUT2D eigenvalue weighted by Gasteiger charge is 2.27. The van der Waals surface area contributed by atoms with Gasteiger partial charge in [0, 0.05) is 17.9 Å². The molecule has 0 bridgehead atoms. The zero-order valence-corrected chi connectivity index (χ0v) is 8.74. The molecule has 0 saturated heterocycles. The van der Waals surface area contributed by atoms with E-state index < -0.39 is 0 Å². The molecule has 76 valence electrons. The highest BCUT2D eigenvalue weighted by atomic mass is 14.7. The summed E-state index contributed by atoms with van der Waals surface area (Å²) in [6, 6.07) is 4.73. The van der Waals surface area contributed by atoms with Gasteiger partial charge in [0.25, 0.3) is 0 Å². The Hall–Kier alpha value is -0.890. The molecular weight excluding hydrogens is 172 g/mol. The van der Waals surface area contributed by atoms with Gasteiger partial charge in [-0.1, -0.05) is 13.0 Å². The van der Waals surface area contributed by atoms with Crippen LogP contribution in [-0.2, 0) is 12.8 Å². The van der Waals surface area contributed by atoms with Crippen LogP contribution in [0.4, 0.5) is 0 Å². The first-order valence-electron chi connectivity index (χ1n) is 5.49. The highest BCUT2D eigenvalue weighted by Crippen LogP contribution is 2.28. The number of pyridine rings is 1. The average molecular weight is 190 g/mol. The SMILES string of the molecule is CCc1ccc(CC2CCC2N)nc1. The summed E-state index contributed by atoms with van der Waals surface area (Å²) < 4.78 is 0. The van der Waals surface area contributed by atoms with Crippen molar-refractivity contribution in [3.63, 3.8) is 0 Å². The Balaban J connectivity index is 1.96. The van der Waals surface area contributed by atoms with Crippen LogP contribution in [0.3, 0.4) is 0 Å². The van der Waals surface area contributed by atoms with Crippen molar-refractivity contribution >= 4 is 0 Å². The summed E-state index contributed by atoms with van der Waals surface area (Å²) in [6.45, 7) is 2.15. The van der Waals surface area contributed by atoms with E-state index in [4.69, 9.17) is 5.73 Å². The molecule has 1 aliphatic rings. The Bertz CT molecular complexity index is 292. The summed E-state index contributed by atoms with van der Waals surface area (Å²) in [5, 5.41) is 0. The fourth-order valence-corrected chi connectivity index (χ4v) is 1.90. The molecule has 1 aromatic rings. The third-order valence-corrected chi connectivity index (χ3v) is 3.24. The molecule has 1 heterocycles. The second-order valence-electron chi connectivity index (χ2n) is 4.22. The average Bonchev–Trinajstić information content (AvgIpc) is 2.24. The maximum absolute atomic E-state index is 5.90. The Morgan fingerprint density at radius 1 is 1.43 bits per heavy atom. The molecule has 0 spiro atoms. The summed E-state index contributed by atoms with van der Waals surface area (Å²) in [5.41, 5.74) is 8.41. The normalized spacial score (nSPS) is 25.9. The Morgan fingerprint density at radius 3 is 2.71 bits per heavy atom. The number of nitrogens with zero attached hydrogens (tertiary/aromatic N) is 1. The quantitative estimate of drug-likeness (QED) is 0.791. The van der Waals surface area contributed by atoms with E-state index in [1.54, 1.807) is 0 Å². The molecule has 0 radical (unpaired) electrons. The molecule has 2 heteroatoms. The summed E-state index contributed by atoms with van der Waals surface area (Å²) in [5.74, 6) is 0.676. The van der Waals surface area contributed by atoms with Gasteiger partial charge in [-0.05, 0) is 43.2 Å². The summed E-state index contributed by atoms with van der Waals surface area (Å²) in [7, 11) is 0. The zero-order valence-electron chi connectivity index (χ0n) is 8.74. The van der Waals surface area contributed by atoms with E-state index in [-0.39, 0.29) is 0 Å². The maximum Gasteiger partial charge on any atom is 0.0407 e. The van der Waals surface area contributed by atoms with Gasteiger partial charge < -0.3 is 5.73 Å².